The maximum Gasteiger partial charge on any atom is 0.255 e. The van der Waals surface area contributed by atoms with Gasteiger partial charge in [-0.3, -0.25) is 9.59 Å². The van der Waals surface area contributed by atoms with Gasteiger partial charge in [0.15, 0.2) is 0 Å². The summed E-state index contributed by atoms with van der Waals surface area (Å²) in [4.78, 5) is 26.9. The fourth-order valence-corrected chi connectivity index (χ4v) is 11.7. The molecule has 0 aliphatic rings. The SMILES string of the molecule is CCCCCCCCCCCCCCCCCCCCCCCCNC(=O)c1ccc(C(=O)NCCCCCCCCCCCCCCCCCCCCCCCC)c(OCCCCCCCCCCCCCCCCC)c1. The van der Waals surface area contributed by atoms with Crippen LogP contribution in [0.25, 0.3) is 0 Å². The van der Waals surface area contributed by atoms with Crippen LogP contribution in [0.15, 0.2) is 18.2 Å². The molecule has 5 heteroatoms. The molecule has 0 aromatic heterocycles. The zero-order valence-electron chi connectivity index (χ0n) is 53.3. The maximum atomic E-state index is 13.5. The number of benzene rings is 1. The van der Waals surface area contributed by atoms with E-state index in [4.69, 9.17) is 4.74 Å². The zero-order chi connectivity index (χ0) is 56.0. The smallest absolute Gasteiger partial charge is 0.255 e. The Bertz CT molecular complexity index is 1360. The molecule has 0 heterocycles. The van der Waals surface area contributed by atoms with Crippen molar-refractivity contribution in [2.24, 2.45) is 0 Å². The molecule has 1 aromatic carbocycles. The monoisotopic (exact) mass is 1090 g/mol. The lowest BCUT2D eigenvalue weighted by Crippen LogP contribution is -2.26. The number of nitrogens with one attached hydrogen (secondary N) is 2. The normalized spacial score (nSPS) is 11.5. The summed E-state index contributed by atoms with van der Waals surface area (Å²) >= 11 is 0. The minimum Gasteiger partial charge on any atom is -0.493 e. The Morgan fingerprint density at radius 3 is 0.756 bits per heavy atom. The van der Waals surface area contributed by atoms with Crippen LogP contribution in [0.2, 0.25) is 0 Å². The molecule has 0 bridgehead atoms. The molecule has 0 unspecified atom stereocenters. The zero-order valence-corrected chi connectivity index (χ0v) is 53.3. The van der Waals surface area contributed by atoms with E-state index < -0.39 is 0 Å². The predicted octanol–water partition coefficient (Wildman–Crippen LogP) is 24.6. The number of unbranched alkanes of at least 4 members (excludes halogenated alkanes) is 56. The van der Waals surface area contributed by atoms with Crippen molar-refractivity contribution in [1.29, 1.82) is 0 Å². The molecular formula is C73H138N2O3. The molecule has 458 valence electrons. The molecule has 0 atom stereocenters. The number of amides is 2. The van der Waals surface area contributed by atoms with Gasteiger partial charge >= 0.3 is 0 Å². The molecular weight excluding hydrogens is 953 g/mol. The quantitative estimate of drug-likeness (QED) is 0.0639. The van der Waals surface area contributed by atoms with Gasteiger partial charge < -0.3 is 15.4 Å². The highest BCUT2D eigenvalue weighted by Crippen LogP contribution is 2.23. The average Bonchev–Trinajstić information content (AvgIpc) is 3.46. The third-order valence-corrected chi connectivity index (χ3v) is 17.1. The fourth-order valence-electron chi connectivity index (χ4n) is 11.7. The van der Waals surface area contributed by atoms with Gasteiger partial charge in [0.2, 0.25) is 0 Å². The van der Waals surface area contributed by atoms with Crippen LogP contribution in [0.1, 0.15) is 420 Å². The van der Waals surface area contributed by atoms with Crippen molar-refractivity contribution in [3.8, 4) is 5.75 Å². The van der Waals surface area contributed by atoms with Gasteiger partial charge in [-0.1, -0.05) is 380 Å². The largest absolute Gasteiger partial charge is 0.493 e. The fraction of sp³-hybridized carbons (Fsp3) is 0.890. The summed E-state index contributed by atoms with van der Waals surface area (Å²) in [5.74, 6) is 0.382. The second kappa shape index (κ2) is 62.6. The molecule has 0 spiro atoms. The Morgan fingerprint density at radius 1 is 0.282 bits per heavy atom. The van der Waals surface area contributed by atoms with Gasteiger partial charge in [-0.25, -0.2) is 0 Å². The molecule has 1 aromatic rings. The van der Waals surface area contributed by atoms with Crippen molar-refractivity contribution < 1.29 is 14.3 Å². The van der Waals surface area contributed by atoms with E-state index in [0.717, 1.165) is 38.5 Å². The topological polar surface area (TPSA) is 67.4 Å². The Labute approximate surface area is 488 Å². The highest BCUT2D eigenvalue weighted by Gasteiger charge is 2.16. The summed E-state index contributed by atoms with van der Waals surface area (Å²) in [6.07, 6.45) is 80.5. The first kappa shape index (κ1) is 74.0. The van der Waals surface area contributed by atoms with E-state index in [-0.39, 0.29) is 11.8 Å². The first-order chi connectivity index (χ1) is 38.6. The summed E-state index contributed by atoms with van der Waals surface area (Å²) in [6, 6.07) is 5.43. The number of hydrogen-bond acceptors (Lipinski definition) is 3. The maximum absolute atomic E-state index is 13.5. The van der Waals surface area contributed by atoms with E-state index in [1.807, 2.05) is 18.2 Å². The summed E-state index contributed by atoms with van der Waals surface area (Å²) < 4.78 is 6.33. The van der Waals surface area contributed by atoms with Crippen molar-refractivity contribution >= 4 is 11.8 Å². The number of rotatable bonds is 65. The first-order valence-electron chi connectivity index (χ1n) is 36.0. The first-order valence-corrected chi connectivity index (χ1v) is 36.0. The number of hydrogen-bond donors (Lipinski definition) is 2. The van der Waals surface area contributed by atoms with E-state index >= 15 is 0 Å². The van der Waals surface area contributed by atoms with Crippen LogP contribution in [0.5, 0.6) is 5.75 Å². The Balaban J connectivity index is 2.29. The highest BCUT2D eigenvalue weighted by atomic mass is 16.5. The summed E-state index contributed by atoms with van der Waals surface area (Å²) in [6.45, 7) is 8.84. The molecule has 0 saturated heterocycles. The van der Waals surface area contributed by atoms with E-state index in [1.165, 1.54) is 340 Å². The van der Waals surface area contributed by atoms with Gasteiger partial charge in [-0.05, 0) is 37.5 Å². The van der Waals surface area contributed by atoms with Crippen molar-refractivity contribution in [1.82, 2.24) is 10.6 Å². The highest BCUT2D eigenvalue weighted by molar-refractivity contribution is 6.00. The van der Waals surface area contributed by atoms with Gasteiger partial charge in [0.1, 0.15) is 5.75 Å². The summed E-state index contributed by atoms with van der Waals surface area (Å²) in [5.41, 5.74) is 1.13. The molecule has 1 rings (SSSR count). The van der Waals surface area contributed by atoms with Crippen LogP contribution in [0.3, 0.4) is 0 Å². The second-order valence-corrected chi connectivity index (χ2v) is 24.9. The van der Waals surface area contributed by atoms with Crippen LogP contribution < -0.4 is 15.4 Å². The van der Waals surface area contributed by atoms with Gasteiger partial charge in [0, 0.05) is 18.7 Å². The molecule has 2 N–H and O–H groups in total. The Kier molecular flexibility index (Phi) is 59.3. The molecule has 0 saturated carbocycles. The van der Waals surface area contributed by atoms with Gasteiger partial charge in [-0.2, -0.15) is 0 Å². The van der Waals surface area contributed by atoms with Gasteiger partial charge in [0.25, 0.3) is 11.8 Å². The van der Waals surface area contributed by atoms with Crippen molar-refractivity contribution in [2.45, 2.75) is 400 Å². The average molecular weight is 1090 g/mol. The Morgan fingerprint density at radius 2 is 0.500 bits per heavy atom. The summed E-state index contributed by atoms with van der Waals surface area (Å²) in [7, 11) is 0. The number of ether oxygens (including phenoxy) is 1. The van der Waals surface area contributed by atoms with Crippen LogP contribution >= 0.6 is 0 Å². The van der Waals surface area contributed by atoms with E-state index in [0.29, 0.717) is 36.6 Å². The lowest BCUT2D eigenvalue weighted by atomic mass is 10.0. The van der Waals surface area contributed by atoms with Crippen molar-refractivity contribution in [3.63, 3.8) is 0 Å². The second-order valence-electron chi connectivity index (χ2n) is 24.9. The molecule has 0 aliphatic carbocycles. The van der Waals surface area contributed by atoms with E-state index in [9.17, 15) is 9.59 Å². The summed E-state index contributed by atoms with van der Waals surface area (Å²) in [5, 5.41) is 6.34. The predicted molar refractivity (Wildman–Crippen MR) is 346 cm³/mol. The third kappa shape index (κ3) is 52.1. The number of carbonyl (C=O) groups excluding carboxylic acids is 2. The van der Waals surface area contributed by atoms with Crippen molar-refractivity contribution in [3.05, 3.63) is 29.3 Å². The molecule has 2 amide bonds. The molecule has 5 nitrogen and oxygen atoms in total. The van der Waals surface area contributed by atoms with Crippen LogP contribution in [0.4, 0.5) is 0 Å². The van der Waals surface area contributed by atoms with Crippen LogP contribution in [-0.2, 0) is 0 Å². The molecule has 0 radical (unpaired) electrons. The van der Waals surface area contributed by atoms with Gasteiger partial charge in [-0.15, -0.1) is 0 Å². The van der Waals surface area contributed by atoms with E-state index in [2.05, 4.69) is 31.4 Å². The minimum atomic E-state index is -0.0910. The molecule has 78 heavy (non-hydrogen) atoms. The Hall–Kier alpha value is -2.04. The number of carbonyl (C=O) groups is 2. The lowest BCUT2D eigenvalue weighted by molar-refractivity contribution is 0.0937. The third-order valence-electron chi connectivity index (χ3n) is 17.1. The standard InChI is InChI=1S/C73H138N2O3/c1-4-7-10-13-16-19-22-25-28-30-32-34-36-38-40-42-45-48-51-54-57-60-65-74-72(76)69-63-64-70(71(68-69)78-67-62-59-56-53-50-47-44-27-24-21-18-15-12-9-6-3)73(77)75-66-61-58-55-52-49-46-43-41-39-37-35-33-31-29-26-23-20-17-14-11-8-5-2/h63-64,68H,4-62,65-67H2,1-3H3,(H,74,76)(H,75,77). The van der Waals surface area contributed by atoms with Crippen molar-refractivity contribution in [2.75, 3.05) is 19.7 Å². The lowest BCUT2D eigenvalue weighted by Gasteiger charge is -2.14. The van der Waals surface area contributed by atoms with Crippen LogP contribution in [-0.4, -0.2) is 31.5 Å². The van der Waals surface area contributed by atoms with Crippen LogP contribution in [0, 0.1) is 0 Å². The molecule has 0 fully saturated rings. The molecule has 0 aliphatic heterocycles. The van der Waals surface area contributed by atoms with Gasteiger partial charge in [0.05, 0.1) is 12.2 Å². The minimum absolute atomic E-state index is 0.0721. The van der Waals surface area contributed by atoms with E-state index in [1.54, 1.807) is 0 Å².